The Balaban J connectivity index is 1.38. The van der Waals surface area contributed by atoms with E-state index in [9.17, 15) is 13.2 Å². The van der Waals surface area contributed by atoms with Crippen LogP contribution in [-0.4, -0.2) is 88.4 Å². The van der Waals surface area contributed by atoms with Gasteiger partial charge in [0.15, 0.2) is 11.5 Å². The number of morpholine rings is 2. The maximum absolute atomic E-state index is 14.2. The van der Waals surface area contributed by atoms with Gasteiger partial charge in [0.1, 0.15) is 21.8 Å². The molecule has 4 saturated heterocycles. The van der Waals surface area contributed by atoms with Crippen LogP contribution in [0.1, 0.15) is 38.3 Å². The normalized spacial score (nSPS) is 28.0. The van der Waals surface area contributed by atoms with Crippen molar-refractivity contribution in [1.82, 2.24) is 24.5 Å². The first-order valence-electron chi connectivity index (χ1n) is 13.4. The van der Waals surface area contributed by atoms with Gasteiger partial charge in [-0.1, -0.05) is 0 Å². The summed E-state index contributed by atoms with van der Waals surface area (Å²) in [7, 11) is 0. The summed E-state index contributed by atoms with van der Waals surface area (Å²) in [4.78, 5) is 8.70. The Labute approximate surface area is 236 Å². The number of halogens is 4. The van der Waals surface area contributed by atoms with E-state index >= 15 is 0 Å². The van der Waals surface area contributed by atoms with E-state index in [1.54, 1.807) is 9.36 Å². The van der Waals surface area contributed by atoms with Gasteiger partial charge in [-0.3, -0.25) is 0 Å². The zero-order chi connectivity index (χ0) is 26.7. The van der Waals surface area contributed by atoms with Crippen LogP contribution in [0.25, 0.3) is 16.9 Å². The molecule has 39 heavy (non-hydrogen) atoms. The van der Waals surface area contributed by atoms with Crippen LogP contribution >= 0.6 is 22.6 Å². The van der Waals surface area contributed by atoms with Crippen molar-refractivity contribution in [3.05, 3.63) is 22.0 Å². The first-order valence-corrected chi connectivity index (χ1v) is 14.5. The maximum atomic E-state index is 14.2. The van der Waals surface area contributed by atoms with Gasteiger partial charge in [-0.15, -0.1) is 0 Å². The molecule has 2 bridgehead atoms. The van der Waals surface area contributed by atoms with Gasteiger partial charge >= 0.3 is 6.18 Å². The van der Waals surface area contributed by atoms with Gasteiger partial charge < -0.3 is 24.0 Å². The Morgan fingerprint density at radius 1 is 0.949 bits per heavy atom. The Kier molecular flexibility index (Phi) is 6.63. The molecule has 4 atom stereocenters. The van der Waals surface area contributed by atoms with E-state index in [2.05, 4.69) is 27.5 Å². The van der Waals surface area contributed by atoms with Crippen molar-refractivity contribution in [3.63, 3.8) is 0 Å². The molecule has 10 nitrogen and oxygen atoms in total. The number of aromatic nitrogens is 5. The zero-order valence-electron chi connectivity index (χ0n) is 21.2. The van der Waals surface area contributed by atoms with Crippen molar-refractivity contribution < 1.29 is 27.4 Å². The second-order valence-corrected chi connectivity index (χ2v) is 11.6. The number of hydrogen-bond donors (Lipinski definition) is 0. The molecule has 4 aliphatic heterocycles. The Hall–Kier alpha value is -2.17. The fourth-order valence-electron chi connectivity index (χ4n) is 6.26. The van der Waals surface area contributed by atoms with Gasteiger partial charge in [0, 0.05) is 31.5 Å². The average molecular weight is 659 g/mol. The molecule has 0 aromatic carbocycles. The van der Waals surface area contributed by atoms with Crippen LogP contribution in [0, 0.1) is 3.70 Å². The standard InChI is InChI=1S/C25H29F3IN7O3/c26-25(27,28)18-14-37-10-8-33(18)17-11-20(35-15-4-5-16(35)13-38-12-15)30-24-22(17)23(29)32-36(24)19-6-7-34(31-19)21-3-1-2-9-39-21/h6-7,11,15-16,18,21H,1-5,8-10,12-14H2. The minimum Gasteiger partial charge on any atom is -0.377 e. The van der Waals surface area contributed by atoms with Crippen molar-refractivity contribution >= 4 is 45.1 Å². The number of nitrogens with zero attached hydrogens (tertiary/aromatic N) is 7. The second-order valence-electron chi connectivity index (χ2n) is 10.5. The average Bonchev–Trinajstić information content (AvgIpc) is 3.62. The molecule has 210 valence electrons. The molecule has 0 radical (unpaired) electrons. The third-order valence-corrected chi connectivity index (χ3v) is 8.90. The van der Waals surface area contributed by atoms with Gasteiger partial charge in [0.2, 0.25) is 0 Å². The third-order valence-electron chi connectivity index (χ3n) is 8.14. The largest absolute Gasteiger partial charge is 0.411 e. The highest BCUT2D eigenvalue weighted by Gasteiger charge is 2.47. The summed E-state index contributed by atoms with van der Waals surface area (Å²) in [6, 6.07) is 2.18. The van der Waals surface area contributed by atoms with Gasteiger partial charge in [0.05, 0.1) is 49.6 Å². The second kappa shape index (κ2) is 10.0. The first kappa shape index (κ1) is 25.8. The van der Waals surface area contributed by atoms with E-state index in [1.807, 2.05) is 18.3 Å². The summed E-state index contributed by atoms with van der Waals surface area (Å²) in [5, 5.41) is 10.1. The van der Waals surface area contributed by atoms with E-state index in [0.29, 0.717) is 51.9 Å². The lowest BCUT2D eigenvalue weighted by Gasteiger charge is -2.40. The fraction of sp³-hybridized carbons (Fsp3) is 0.640. The molecule has 14 heteroatoms. The molecule has 7 rings (SSSR count). The van der Waals surface area contributed by atoms with Gasteiger partial charge in [-0.2, -0.15) is 28.1 Å². The van der Waals surface area contributed by atoms with Crippen molar-refractivity contribution in [2.24, 2.45) is 0 Å². The lowest BCUT2D eigenvalue weighted by Crippen LogP contribution is -2.53. The highest BCUT2D eigenvalue weighted by atomic mass is 127. The molecule has 4 unspecified atom stereocenters. The molecule has 4 aliphatic rings. The molecule has 0 N–H and O–H groups in total. The minimum atomic E-state index is -4.45. The molecule has 3 aromatic heterocycles. The highest BCUT2D eigenvalue weighted by Crippen LogP contribution is 2.41. The first-order chi connectivity index (χ1) is 18.9. The molecule has 7 heterocycles. The summed E-state index contributed by atoms with van der Waals surface area (Å²) >= 11 is 2.09. The molecule has 0 amide bonds. The quantitative estimate of drug-likeness (QED) is 0.389. The van der Waals surface area contributed by atoms with Crippen molar-refractivity contribution in [1.29, 1.82) is 0 Å². The van der Waals surface area contributed by atoms with Crippen molar-refractivity contribution in [2.45, 2.75) is 62.6 Å². The Bertz CT molecular complexity index is 1340. The van der Waals surface area contributed by atoms with Crippen LogP contribution in [0.5, 0.6) is 0 Å². The van der Waals surface area contributed by atoms with E-state index in [4.69, 9.17) is 29.4 Å². The summed E-state index contributed by atoms with van der Waals surface area (Å²) in [5.41, 5.74) is 0.956. The number of rotatable bonds is 4. The van der Waals surface area contributed by atoms with E-state index in [-0.39, 0.29) is 31.5 Å². The van der Waals surface area contributed by atoms with Crippen molar-refractivity contribution in [3.8, 4) is 5.82 Å². The van der Waals surface area contributed by atoms with Crippen LogP contribution in [-0.2, 0) is 14.2 Å². The number of anilines is 2. The summed E-state index contributed by atoms with van der Waals surface area (Å²) < 4.78 is 63.6. The fourth-order valence-corrected chi connectivity index (χ4v) is 6.99. The molecular weight excluding hydrogens is 630 g/mol. The number of alkyl halides is 3. The molecular formula is C25H29F3IN7O3. The zero-order valence-corrected chi connectivity index (χ0v) is 23.3. The number of pyridine rings is 1. The Morgan fingerprint density at radius 2 is 1.77 bits per heavy atom. The van der Waals surface area contributed by atoms with Crippen LogP contribution < -0.4 is 9.80 Å². The predicted octanol–water partition coefficient (Wildman–Crippen LogP) is 4.06. The van der Waals surface area contributed by atoms with Crippen LogP contribution in [0.2, 0.25) is 0 Å². The highest BCUT2D eigenvalue weighted by molar-refractivity contribution is 14.1. The SMILES string of the molecule is FC(F)(F)C1COCCN1c1cc(N2C3CCC2COC3)nc2c1c(I)nn2-c1ccn(C2CCCCO2)n1. The van der Waals surface area contributed by atoms with Crippen LogP contribution in [0.3, 0.4) is 0 Å². The van der Waals surface area contributed by atoms with Crippen LogP contribution in [0.15, 0.2) is 18.3 Å². The maximum Gasteiger partial charge on any atom is 0.411 e. The minimum absolute atomic E-state index is 0.119. The lowest BCUT2D eigenvalue weighted by atomic mass is 10.1. The van der Waals surface area contributed by atoms with Gasteiger partial charge in [-0.05, 0) is 54.7 Å². The van der Waals surface area contributed by atoms with Gasteiger partial charge in [0.25, 0.3) is 0 Å². The van der Waals surface area contributed by atoms with Crippen LogP contribution in [0.4, 0.5) is 24.7 Å². The number of fused-ring (bicyclic) bond motifs is 3. The molecule has 4 fully saturated rings. The summed E-state index contributed by atoms with van der Waals surface area (Å²) in [6.45, 7) is 1.77. The predicted molar refractivity (Wildman–Crippen MR) is 144 cm³/mol. The van der Waals surface area contributed by atoms with E-state index < -0.39 is 18.8 Å². The van der Waals surface area contributed by atoms with Gasteiger partial charge in [-0.25, -0.2) is 9.67 Å². The summed E-state index contributed by atoms with van der Waals surface area (Å²) in [6.07, 6.45) is 2.17. The van der Waals surface area contributed by atoms with Crippen molar-refractivity contribution in [2.75, 3.05) is 49.4 Å². The molecule has 3 aromatic rings. The molecule has 0 spiro atoms. The monoisotopic (exact) mass is 659 g/mol. The molecule has 0 saturated carbocycles. The van der Waals surface area contributed by atoms with E-state index in [1.165, 1.54) is 4.90 Å². The smallest absolute Gasteiger partial charge is 0.377 e. The topological polar surface area (TPSA) is 82.7 Å². The summed E-state index contributed by atoms with van der Waals surface area (Å²) in [5.74, 6) is 1.19. The third kappa shape index (κ3) is 4.56. The number of hydrogen-bond acceptors (Lipinski definition) is 8. The number of ether oxygens (including phenoxy) is 3. The molecule has 0 aliphatic carbocycles. The van der Waals surface area contributed by atoms with E-state index in [0.717, 1.165) is 32.1 Å². The Morgan fingerprint density at radius 3 is 2.51 bits per heavy atom. The lowest BCUT2D eigenvalue weighted by molar-refractivity contribution is -0.167.